The van der Waals surface area contributed by atoms with E-state index in [1.807, 2.05) is 12.1 Å². The summed E-state index contributed by atoms with van der Waals surface area (Å²) in [5.41, 5.74) is 9.96. The first-order valence-electron chi connectivity index (χ1n) is 17.1. The molecule has 0 saturated heterocycles. The Labute approximate surface area is 290 Å². The Morgan fingerprint density at radius 3 is 1.82 bits per heavy atom. The Bertz CT molecular complexity index is 2860. The molecule has 10 aromatic rings. The van der Waals surface area contributed by atoms with Gasteiger partial charge in [-0.2, -0.15) is 0 Å². The van der Waals surface area contributed by atoms with Crippen molar-refractivity contribution in [2.24, 2.45) is 0 Å². The minimum absolute atomic E-state index is 0.916. The van der Waals surface area contributed by atoms with E-state index in [1.54, 1.807) is 0 Å². The lowest BCUT2D eigenvalue weighted by Crippen LogP contribution is -2.10. The van der Waals surface area contributed by atoms with Crippen LogP contribution in [0.1, 0.15) is 0 Å². The molecule has 1 heterocycles. The van der Waals surface area contributed by atoms with Crippen molar-refractivity contribution in [1.29, 1.82) is 0 Å². The van der Waals surface area contributed by atoms with Crippen molar-refractivity contribution in [3.05, 3.63) is 188 Å². The van der Waals surface area contributed by atoms with Crippen LogP contribution in [0.3, 0.4) is 0 Å². The van der Waals surface area contributed by atoms with Crippen LogP contribution in [-0.2, 0) is 0 Å². The number of hydrogen-bond donors (Lipinski definition) is 0. The van der Waals surface area contributed by atoms with Crippen LogP contribution in [0.5, 0.6) is 0 Å². The number of para-hydroxylation sites is 2. The number of anilines is 3. The zero-order valence-electron chi connectivity index (χ0n) is 27.3. The van der Waals surface area contributed by atoms with Crippen molar-refractivity contribution < 1.29 is 4.42 Å². The standard InChI is InChI=1S/C48H31NO/c1-3-12-33(13-4-1)43-29-38(26-27-41(43)40-20-11-15-32-14-7-8-18-39(32)40)49(36-16-5-2-6-17-36)37-25-24-34-22-23-35-28-48-46(31-45(35)44(34)30-37)42-19-9-10-21-47(42)50-48/h1-31H. The van der Waals surface area contributed by atoms with Gasteiger partial charge < -0.3 is 9.32 Å². The molecule has 0 spiro atoms. The molecule has 0 saturated carbocycles. The van der Waals surface area contributed by atoms with Gasteiger partial charge in [-0.25, -0.2) is 0 Å². The van der Waals surface area contributed by atoms with Gasteiger partial charge in [0.15, 0.2) is 0 Å². The monoisotopic (exact) mass is 637 g/mol. The van der Waals surface area contributed by atoms with Crippen LogP contribution in [0.4, 0.5) is 17.1 Å². The third-order valence-electron chi connectivity index (χ3n) is 10.0. The van der Waals surface area contributed by atoms with Crippen LogP contribution < -0.4 is 4.90 Å². The fourth-order valence-electron chi connectivity index (χ4n) is 7.65. The largest absolute Gasteiger partial charge is 0.456 e. The zero-order chi connectivity index (χ0) is 33.0. The first kappa shape index (κ1) is 28.4. The summed E-state index contributed by atoms with van der Waals surface area (Å²) in [4.78, 5) is 2.38. The van der Waals surface area contributed by atoms with Gasteiger partial charge in [0, 0.05) is 27.8 Å². The molecule has 9 aromatic carbocycles. The topological polar surface area (TPSA) is 16.4 Å². The Balaban J connectivity index is 1.20. The highest BCUT2D eigenvalue weighted by Crippen LogP contribution is 2.43. The van der Waals surface area contributed by atoms with Gasteiger partial charge in [0.05, 0.1) is 0 Å². The SMILES string of the molecule is c1ccc(-c2cc(N(c3ccccc3)c3ccc4ccc5cc6oc7ccccc7c6cc5c4c3)ccc2-c2cccc3ccccc23)cc1. The second kappa shape index (κ2) is 11.5. The predicted octanol–water partition coefficient (Wildman–Crippen LogP) is 13.8. The average molecular weight is 638 g/mol. The van der Waals surface area contributed by atoms with Crippen LogP contribution in [0.15, 0.2) is 192 Å². The number of hydrogen-bond acceptors (Lipinski definition) is 2. The predicted molar refractivity (Wildman–Crippen MR) is 212 cm³/mol. The first-order valence-corrected chi connectivity index (χ1v) is 17.1. The maximum Gasteiger partial charge on any atom is 0.136 e. The number of nitrogens with zero attached hydrogens (tertiary/aromatic N) is 1. The van der Waals surface area contributed by atoms with Crippen molar-refractivity contribution in [3.8, 4) is 22.3 Å². The van der Waals surface area contributed by atoms with E-state index >= 15 is 0 Å². The summed E-state index contributed by atoms with van der Waals surface area (Å²) in [5.74, 6) is 0. The maximum absolute atomic E-state index is 6.25. The van der Waals surface area contributed by atoms with Gasteiger partial charge in [0.1, 0.15) is 11.2 Å². The molecule has 0 unspecified atom stereocenters. The summed E-state index contributed by atoms with van der Waals surface area (Å²) >= 11 is 0. The van der Waals surface area contributed by atoms with Crippen molar-refractivity contribution >= 4 is 71.3 Å². The summed E-state index contributed by atoms with van der Waals surface area (Å²) in [5, 5.41) is 9.57. The zero-order valence-corrected chi connectivity index (χ0v) is 27.3. The van der Waals surface area contributed by atoms with Crippen LogP contribution in [0.2, 0.25) is 0 Å². The lowest BCUT2D eigenvalue weighted by atomic mass is 9.90. The number of furan rings is 1. The van der Waals surface area contributed by atoms with Crippen molar-refractivity contribution in [2.45, 2.75) is 0 Å². The number of benzene rings is 9. The highest BCUT2D eigenvalue weighted by Gasteiger charge is 2.18. The van der Waals surface area contributed by atoms with Crippen LogP contribution in [0.25, 0.3) is 76.5 Å². The average Bonchev–Trinajstić information content (AvgIpc) is 3.55. The van der Waals surface area contributed by atoms with E-state index in [4.69, 9.17) is 4.42 Å². The molecule has 0 aliphatic heterocycles. The van der Waals surface area contributed by atoms with Crippen molar-refractivity contribution in [2.75, 3.05) is 4.90 Å². The molecule has 10 rings (SSSR count). The van der Waals surface area contributed by atoms with Gasteiger partial charge in [-0.1, -0.05) is 133 Å². The second-order valence-electron chi connectivity index (χ2n) is 12.9. The highest BCUT2D eigenvalue weighted by atomic mass is 16.3. The van der Waals surface area contributed by atoms with Gasteiger partial charge in [-0.05, 0) is 109 Å². The molecule has 234 valence electrons. The Morgan fingerprint density at radius 1 is 0.300 bits per heavy atom. The summed E-state index contributed by atoms with van der Waals surface area (Å²) in [6, 6.07) is 67.7. The summed E-state index contributed by atoms with van der Waals surface area (Å²) < 4.78 is 6.25. The summed E-state index contributed by atoms with van der Waals surface area (Å²) in [6.45, 7) is 0. The molecule has 0 amide bonds. The third-order valence-corrected chi connectivity index (χ3v) is 10.0. The molecular weight excluding hydrogens is 607 g/mol. The molecule has 1 aromatic heterocycles. The van der Waals surface area contributed by atoms with Gasteiger partial charge in [0.25, 0.3) is 0 Å². The normalized spacial score (nSPS) is 11.6. The Hall–Kier alpha value is -6.64. The smallest absolute Gasteiger partial charge is 0.136 e. The van der Waals surface area contributed by atoms with Crippen LogP contribution >= 0.6 is 0 Å². The van der Waals surface area contributed by atoms with Gasteiger partial charge >= 0.3 is 0 Å². The Kier molecular flexibility index (Phi) is 6.53. The fraction of sp³-hybridized carbons (Fsp3) is 0. The molecule has 2 heteroatoms. The lowest BCUT2D eigenvalue weighted by molar-refractivity contribution is 0.669. The molecule has 0 atom stereocenters. The van der Waals surface area contributed by atoms with Crippen LogP contribution in [0, 0.1) is 0 Å². The van der Waals surface area contributed by atoms with E-state index in [0.717, 1.165) is 39.0 Å². The quantitative estimate of drug-likeness (QED) is 0.175. The molecule has 0 bridgehead atoms. The molecule has 50 heavy (non-hydrogen) atoms. The van der Waals surface area contributed by atoms with E-state index < -0.39 is 0 Å². The van der Waals surface area contributed by atoms with Gasteiger partial charge in [0.2, 0.25) is 0 Å². The van der Waals surface area contributed by atoms with Crippen molar-refractivity contribution in [1.82, 2.24) is 0 Å². The van der Waals surface area contributed by atoms with Gasteiger partial charge in [-0.3, -0.25) is 0 Å². The summed E-state index contributed by atoms with van der Waals surface area (Å²) in [6.07, 6.45) is 0. The summed E-state index contributed by atoms with van der Waals surface area (Å²) in [7, 11) is 0. The van der Waals surface area contributed by atoms with Gasteiger partial charge in [-0.15, -0.1) is 0 Å². The fourth-order valence-corrected chi connectivity index (χ4v) is 7.65. The van der Waals surface area contributed by atoms with E-state index in [9.17, 15) is 0 Å². The molecule has 2 nitrogen and oxygen atoms in total. The minimum Gasteiger partial charge on any atom is -0.456 e. The molecule has 0 aliphatic rings. The number of fused-ring (bicyclic) bond motifs is 7. The van der Waals surface area contributed by atoms with Crippen LogP contribution in [-0.4, -0.2) is 0 Å². The first-order chi connectivity index (χ1) is 24.8. The van der Waals surface area contributed by atoms with E-state index in [0.29, 0.717) is 0 Å². The maximum atomic E-state index is 6.25. The minimum atomic E-state index is 0.916. The highest BCUT2D eigenvalue weighted by molar-refractivity contribution is 6.17. The molecule has 0 fully saturated rings. The third kappa shape index (κ3) is 4.65. The molecular formula is C48H31NO. The Morgan fingerprint density at radius 2 is 0.940 bits per heavy atom. The molecule has 0 radical (unpaired) electrons. The second-order valence-corrected chi connectivity index (χ2v) is 12.9. The van der Waals surface area contributed by atoms with E-state index in [-0.39, 0.29) is 0 Å². The van der Waals surface area contributed by atoms with E-state index in [2.05, 4.69) is 181 Å². The number of rotatable bonds is 5. The lowest BCUT2D eigenvalue weighted by Gasteiger charge is -2.27. The molecule has 0 aliphatic carbocycles. The van der Waals surface area contributed by atoms with E-state index in [1.165, 1.54) is 54.6 Å². The van der Waals surface area contributed by atoms with Crippen molar-refractivity contribution in [3.63, 3.8) is 0 Å². The molecule has 0 N–H and O–H groups in total.